The Hall–Kier alpha value is -3.68. The second kappa shape index (κ2) is 10.5. The van der Waals surface area contributed by atoms with Crippen LogP contribution < -0.4 is 21.1 Å². The number of halogens is 3. The van der Waals surface area contributed by atoms with Gasteiger partial charge in [0.2, 0.25) is 0 Å². The molecule has 0 unspecified atom stereocenters. The maximum atomic E-state index is 13.8. The fourth-order valence-electron chi connectivity index (χ4n) is 3.95. The van der Waals surface area contributed by atoms with Gasteiger partial charge in [0.25, 0.3) is 0 Å². The van der Waals surface area contributed by atoms with Gasteiger partial charge in [0.1, 0.15) is 11.8 Å². The summed E-state index contributed by atoms with van der Waals surface area (Å²) in [6, 6.07) is 6.95. The molecule has 2 heterocycles. The monoisotopic (exact) mass is 476 g/mol. The van der Waals surface area contributed by atoms with Crippen LogP contribution in [0.5, 0.6) is 5.75 Å². The molecule has 2 aromatic rings. The summed E-state index contributed by atoms with van der Waals surface area (Å²) in [7, 11) is 3.17. The third-order valence-electron chi connectivity index (χ3n) is 5.91. The number of carbonyl (C=O) groups is 1. The van der Waals surface area contributed by atoms with Gasteiger partial charge in [0, 0.05) is 32.7 Å². The van der Waals surface area contributed by atoms with E-state index in [0.29, 0.717) is 25.2 Å². The van der Waals surface area contributed by atoms with Crippen LogP contribution in [0.4, 0.5) is 29.3 Å². The first-order valence-corrected chi connectivity index (χ1v) is 10.9. The summed E-state index contributed by atoms with van der Waals surface area (Å²) in [6.45, 7) is 1.36. The number of nitrogens with zero attached hydrogens (tertiary/aromatic N) is 3. The Labute approximate surface area is 195 Å². The first-order valence-electron chi connectivity index (χ1n) is 10.9. The lowest BCUT2D eigenvalue weighted by Gasteiger charge is -2.31. The van der Waals surface area contributed by atoms with Crippen LogP contribution in [0, 0.1) is 17.2 Å². The zero-order chi connectivity index (χ0) is 24.9. The molecule has 1 aromatic carbocycles. The molecule has 2 amide bonds. The van der Waals surface area contributed by atoms with Gasteiger partial charge in [-0.3, -0.25) is 0 Å². The minimum absolute atomic E-state index is 0.0711. The number of likely N-dealkylation sites (tertiary alicyclic amines) is 1. The molecule has 1 saturated heterocycles. The summed E-state index contributed by atoms with van der Waals surface area (Å²) in [6.07, 6.45) is -2.49. The molecule has 4 N–H and O–H groups in total. The number of ether oxygens (including phenoxy) is 1. The smallest absolute Gasteiger partial charge is 0.419 e. The van der Waals surface area contributed by atoms with E-state index in [4.69, 9.17) is 10.5 Å². The number of benzene rings is 1. The predicted octanol–water partition coefficient (Wildman–Crippen LogP) is 4.08. The minimum Gasteiger partial charge on any atom is -0.493 e. The van der Waals surface area contributed by atoms with E-state index >= 15 is 0 Å². The fourth-order valence-corrected chi connectivity index (χ4v) is 3.95. The van der Waals surface area contributed by atoms with E-state index < -0.39 is 11.7 Å². The molecule has 1 aliphatic heterocycles. The fraction of sp³-hybridized carbons (Fsp3) is 0.435. The van der Waals surface area contributed by atoms with Crippen LogP contribution in [0.1, 0.15) is 30.5 Å². The first kappa shape index (κ1) is 25.0. The standard InChI is InChI=1S/C23H27F3N6O2/c1-29-18-12-17(31-19(13-27)21(18)28)15-3-4-20(16(11-15)23(24,25)26)34-10-7-14-5-8-32(9-6-14)22(33)30-2/h3-4,11-12,14H,5-10,28H2,1-2H3,(H,29,31)(H,30,33). The number of hydrogen-bond donors (Lipinski definition) is 3. The van der Waals surface area contributed by atoms with Crippen molar-refractivity contribution < 1.29 is 22.7 Å². The van der Waals surface area contributed by atoms with Crippen LogP contribution >= 0.6 is 0 Å². The lowest BCUT2D eigenvalue weighted by molar-refractivity contribution is -0.138. The molecular weight excluding hydrogens is 449 g/mol. The van der Waals surface area contributed by atoms with Gasteiger partial charge in [0.15, 0.2) is 5.69 Å². The van der Waals surface area contributed by atoms with Gasteiger partial charge in [-0.15, -0.1) is 0 Å². The molecule has 0 bridgehead atoms. The molecule has 0 atom stereocenters. The minimum atomic E-state index is -4.64. The molecule has 3 rings (SSSR count). The van der Waals surface area contributed by atoms with Gasteiger partial charge >= 0.3 is 12.2 Å². The number of hydrogen-bond acceptors (Lipinski definition) is 6. The Bertz CT molecular complexity index is 1080. The largest absolute Gasteiger partial charge is 0.493 e. The molecule has 34 heavy (non-hydrogen) atoms. The zero-order valence-electron chi connectivity index (χ0n) is 19.0. The predicted molar refractivity (Wildman–Crippen MR) is 122 cm³/mol. The quantitative estimate of drug-likeness (QED) is 0.579. The van der Waals surface area contributed by atoms with Gasteiger partial charge in [-0.05, 0) is 49.4 Å². The molecule has 0 spiro atoms. The van der Waals surface area contributed by atoms with E-state index in [-0.39, 0.29) is 46.9 Å². The molecule has 1 aliphatic rings. The van der Waals surface area contributed by atoms with Crippen molar-refractivity contribution in [1.82, 2.24) is 15.2 Å². The summed E-state index contributed by atoms with van der Waals surface area (Å²) in [4.78, 5) is 17.5. The number of alkyl halides is 3. The number of aromatic nitrogens is 1. The van der Waals surface area contributed by atoms with Gasteiger partial charge < -0.3 is 26.0 Å². The van der Waals surface area contributed by atoms with Crippen LogP contribution in [0.2, 0.25) is 0 Å². The van der Waals surface area contributed by atoms with E-state index in [0.717, 1.165) is 18.9 Å². The number of nitriles is 1. The highest BCUT2D eigenvalue weighted by Gasteiger charge is 2.35. The number of amides is 2. The molecule has 182 valence electrons. The van der Waals surface area contributed by atoms with Crippen molar-refractivity contribution in [1.29, 1.82) is 5.26 Å². The van der Waals surface area contributed by atoms with Crippen molar-refractivity contribution in [3.8, 4) is 23.1 Å². The number of nitrogen functional groups attached to an aromatic ring is 1. The molecule has 0 aliphatic carbocycles. The van der Waals surface area contributed by atoms with Crippen molar-refractivity contribution >= 4 is 17.4 Å². The van der Waals surface area contributed by atoms with Crippen molar-refractivity contribution in [2.24, 2.45) is 5.92 Å². The number of carbonyl (C=O) groups excluding carboxylic acids is 1. The number of nitrogens with one attached hydrogen (secondary N) is 2. The summed E-state index contributed by atoms with van der Waals surface area (Å²) < 4.78 is 47.0. The first-order chi connectivity index (χ1) is 16.2. The normalized spacial score (nSPS) is 14.4. The topological polar surface area (TPSA) is 116 Å². The molecule has 1 fully saturated rings. The maximum Gasteiger partial charge on any atom is 0.419 e. The second-order valence-corrected chi connectivity index (χ2v) is 8.01. The Kier molecular flexibility index (Phi) is 7.71. The lowest BCUT2D eigenvalue weighted by atomic mass is 9.94. The third-order valence-corrected chi connectivity index (χ3v) is 5.91. The van der Waals surface area contributed by atoms with E-state index in [2.05, 4.69) is 15.6 Å². The highest BCUT2D eigenvalue weighted by atomic mass is 19.4. The van der Waals surface area contributed by atoms with Crippen LogP contribution in [0.3, 0.4) is 0 Å². The summed E-state index contributed by atoms with van der Waals surface area (Å²) in [5.41, 5.74) is 5.78. The van der Waals surface area contributed by atoms with E-state index in [1.54, 1.807) is 19.0 Å². The number of urea groups is 1. The average Bonchev–Trinajstić information content (AvgIpc) is 2.83. The summed E-state index contributed by atoms with van der Waals surface area (Å²) in [5.74, 6) is 0.0155. The molecule has 11 heteroatoms. The highest BCUT2D eigenvalue weighted by Crippen LogP contribution is 2.39. The highest BCUT2D eigenvalue weighted by molar-refractivity contribution is 5.77. The van der Waals surface area contributed by atoms with Crippen LogP contribution in [0.25, 0.3) is 11.3 Å². The molecule has 0 saturated carbocycles. The van der Waals surface area contributed by atoms with Gasteiger partial charge in [-0.25, -0.2) is 9.78 Å². The zero-order valence-corrected chi connectivity index (χ0v) is 19.0. The van der Waals surface area contributed by atoms with Crippen molar-refractivity contribution in [2.75, 3.05) is 44.8 Å². The third kappa shape index (κ3) is 5.62. The Morgan fingerprint density at radius 3 is 2.59 bits per heavy atom. The average molecular weight is 477 g/mol. The van der Waals surface area contributed by atoms with Gasteiger partial charge in [0.05, 0.1) is 29.2 Å². The van der Waals surface area contributed by atoms with Gasteiger partial charge in [-0.2, -0.15) is 18.4 Å². The number of pyridine rings is 1. The molecule has 1 aromatic heterocycles. The van der Waals surface area contributed by atoms with E-state index in [1.165, 1.54) is 18.2 Å². The van der Waals surface area contributed by atoms with Crippen molar-refractivity contribution in [2.45, 2.75) is 25.4 Å². The van der Waals surface area contributed by atoms with E-state index in [9.17, 15) is 23.2 Å². The molecule has 8 nitrogen and oxygen atoms in total. The van der Waals surface area contributed by atoms with Crippen molar-refractivity contribution in [3.05, 3.63) is 35.5 Å². The number of nitrogens with two attached hydrogens (primary N) is 1. The SMILES string of the molecule is CNC(=O)N1CCC(CCOc2ccc(-c3cc(NC)c(N)c(C#N)n3)cc2C(F)(F)F)CC1. The second-order valence-electron chi connectivity index (χ2n) is 8.01. The Morgan fingerprint density at radius 1 is 1.29 bits per heavy atom. The lowest BCUT2D eigenvalue weighted by Crippen LogP contribution is -2.43. The van der Waals surface area contributed by atoms with Crippen LogP contribution in [-0.2, 0) is 6.18 Å². The maximum absolute atomic E-state index is 13.8. The van der Waals surface area contributed by atoms with Crippen LogP contribution in [0.15, 0.2) is 24.3 Å². The van der Waals surface area contributed by atoms with E-state index in [1.807, 2.05) is 6.07 Å². The van der Waals surface area contributed by atoms with Crippen LogP contribution in [-0.4, -0.2) is 49.7 Å². The number of rotatable bonds is 6. The summed E-state index contributed by atoms with van der Waals surface area (Å²) in [5, 5.41) is 14.7. The Morgan fingerprint density at radius 2 is 2.00 bits per heavy atom. The molecule has 0 radical (unpaired) electrons. The molecular formula is C23H27F3N6O2. The number of anilines is 2. The Balaban J connectivity index is 1.74. The number of piperidine rings is 1. The summed E-state index contributed by atoms with van der Waals surface area (Å²) >= 11 is 0. The van der Waals surface area contributed by atoms with Crippen molar-refractivity contribution in [3.63, 3.8) is 0 Å². The van der Waals surface area contributed by atoms with Gasteiger partial charge in [-0.1, -0.05) is 0 Å².